The van der Waals surface area contributed by atoms with E-state index < -0.39 is 0 Å². The van der Waals surface area contributed by atoms with E-state index in [1.54, 1.807) is 4.90 Å². The minimum absolute atomic E-state index is 0.0433. The second-order valence-electron chi connectivity index (χ2n) is 6.54. The van der Waals surface area contributed by atoms with Crippen molar-refractivity contribution in [3.63, 3.8) is 0 Å². The fraction of sp³-hybridized carbons (Fsp3) is 0.556. The molecule has 1 aromatic carbocycles. The summed E-state index contributed by atoms with van der Waals surface area (Å²) in [6.07, 6.45) is 0.320. The number of rotatable bonds is 6. The molecule has 2 amide bonds. The Balaban J connectivity index is 1.62. The summed E-state index contributed by atoms with van der Waals surface area (Å²) in [6, 6.07) is 5.71. The number of ether oxygens (including phenoxy) is 2. The van der Waals surface area contributed by atoms with Gasteiger partial charge >= 0.3 is 0 Å². The van der Waals surface area contributed by atoms with Gasteiger partial charge in [-0.25, -0.2) is 0 Å². The molecule has 1 N–H and O–H groups in total. The second-order valence-corrected chi connectivity index (χ2v) is 7.59. The van der Waals surface area contributed by atoms with Gasteiger partial charge in [-0.3, -0.25) is 9.59 Å². The Hall–Kier alpha value is -1.89. The van der Waals surface area contributed by atoms with Crippen LogP contribution in [0.2, 0.25) is 0 Å². The first-order valence-corrected chi connectivity index (χ1v) is 9.64. The number of benzene rings is 1. The van der Waals surface area contributed by atoms with Crippen LogP contribution in [0.3, 0.4) is 0 Å². The lowest BCUT2D eigenvalue weighted by Crippen LogP contribution is -2.35. The SMILES string of the molecule is CC(C)C(NC(=O)CCN1CCSC1=O)c1ccc2c(c1)OCCO2. The lowest BCUT2D eigenvalue weighted by molar-refractivity contribution is -0.122. The molecule has 25 heavy (non-hydrogen) atoms. The summed E-state index contributed by atoms with van der Waals surface area (Å²) in [6.45, 7) is 6.45. The largest absolute Gasteiger partial charge is 0.486 e. The molecule has 1 atom stereocenters. The molecule has 0 saturated carbocycles. The summed E-state index contributed by atoms with van der Waals surface area (Å²) in [5.41, 5.74) is 1.00. The number of carbonyl (C=O) groups excluding carboxylic acids is 2. The van der Waals surface area contributed by atoms with Gasteiger partial charge in [-0.15, -0.1) is 0 Å². The molecule has 6 nitrogen and oxygen atoms in total. The Bertz CT molecular complexity index is 650. The number of hydrogen-bond acceptors (Lipinski definition) is 5. The van der Waals surface area contributed by atoms with Gasteiger partial charge in [-0.2, -0.15) is 0 Å². The van der Waals surface area contributed by atoms with Crippen LogP contribution in [-0.2, 0) is 4.79 Å². The Kier molecular flexibility index (Phi) is 5.73. The fourth-order valence-electron chi connectivity index (χ4n) is 3.00. The zero-order valence-corrected chi connectivity index (χ0v) is 15.4. The van der Waals surface area contributed by atoms with Crippen LogP contribution in [0.15, 0.2) is 18.2 Å². The zero-order valence-electron chi connectivity index (χ0n) is 14.6. The predicted octanol–water partition coefficient (Wildman–Crippen LogP) is 2.83. The summed E-state index contributed by atoms with van der Waals surface area (Å²) >= 11 is 1.32. The molecular formula is C18H24N2O4S. The van der Waals surface area contributed by atoms with Crippen molar-refractivity contribution in [2.45, 2.75) is 26.3 Å². The van der Waals surface area contributed by atoms with Crippen molar-refractivity contribution in [1.82, 2.24) is 10.2 Å². The first-order chi connectivity index (χ1) is 12.0. The van der Waals surface area contributed by atoms with Crippen molar-refractivity contribution in [1.29, 1.82) is 0 Å². The van der Waals surface area contributed by atoms with Crippen LogP contribution in [0.5, 0.6) is 11.5 Å². The van der Waals surface area contributed by atoms with Crippen LogP contribution < -0.4 is 14.8 Å². The van der Waals surface area contributed by atoms with Crippen LogP contribution in [0, 0.1) is 5.92 Å². The van der Waals surface area contributed by atoms with Gasteiger partial charge in [0.2, 0.25) is 5.91 Å². The fourth-order valence-corrected chi connectivity index (χ4v) is 3.85. The summed E-state index contributed by atoms with van der Waals surface area (Å²) in [4.78, 5) is 25.7. The van der Waals surface area contributed by atoms with E-state index in [0.717, 1.165) is 29.4 Å². The topological polar surface area (TPSA) is 67.9 Å². The monoisotopic (exact) mass is 364 g/mol. The molecule has 0 radical (unpaired) electrons. The average Bonchev–Trinajstić information content (AvgIpc) is 3.02. The molecule has 2 heterocycles. The standard InChI is InChI=1S/C18H24N2O4S/c1-12(2)17(13-3-4-14-15(11-13)24-9-8-23-14)19-16(21)5-6-20-7-10-25-18(20)22/h3-4,11-12,17H,5-10H2,1-2H3,(H,19,21). The lowest BCUT2D eigenvalue weighted by Gasteiger charge is -2.26. The molecule has 1 saturated heterocycles. The van der Waals surface area contributed by atoms with Crippen molar-refractivity contribution in [3.05, 3.63) is 23.8 Å². The molecule has 0 bridgehead atoms. The van der Waals surface area contributed by atoms with Crippen LogP contribution in [0.25, 0.3) is 0 Å². The summed E-state index contributed by atoms with van der Waals surface area (Å²) < 4.78 is 11.2. The van der Waals surface area contributed by atoms with Gasteiger partial charge in [-0.05, 0) is 23.6 Å². The smallest absolute Gasteiger partial charge is 0.281 e. The molecule has 1 unspecified atom stereocenters. The minimum Gasteiger partial charge on any atom is -0.486 e. The molecule has 2 aliphatic heterocycles. The molecule has 136 valence electrons. The van der Waals surface area contributed by atoms with Crippen LogP contribution >= 0.6 is 11.8 Å². The first kappa shape index (κ1) is 17.9. The summed E-state index contributed by atoms with van der Waals surface area (Å²) in [5.74, 6) is 2.47. The normalized spacial score (nSPS) is 17.7. The molecule has 0 aromatic heterocycles. The highest BCUT2D eigenvalue weighted by molar-refractivity contribution is 8.13. The van der Waals surface area contributed by atoms with E-state index in [9.17, 15) is 9.59 Å². The number of carbonyl (C=O) groups is 2. The Labute approximate surface area is 152 Å². The third kappa shape index (κ3) is 4.39. The van der Waals surface area contributed by atoms with Gasteiger partial charge in [0.1, 0.15) is 13.2 Å². The van der Waals surface area contributed by atoms with Gasteiger partial charge in [-0.1, -0.05) is 31.7 Å². The second kappa shape index (κ2) is 7.99. The van der Waals surface area contributed by atoms with Gasteiger partial charge in [0.05, 0.1) is 6.04 Å². The third-order valence-corrected chi connectivity index (χ3v) is 5.25. The number of amides is 2. The minimum atomic E-state index is -0.105. The van der Waals surface area contributed by atoms with Crippen molar-refractivity contribution in [3.8, 4) is 11.5 Å². The molecule has 7 heteroatoms. The van der Waals surface area contributed by atoms with E-state index >= 15 is 0 Å². The molecule has 2 aliphatic rings. The van der Waals surface area contributed by atoms with Crippen molar-refractivity contribution in [2.24, 2.45) is 5.92 Å². The van der Waals surface area contributed by atoms with E-state index in [-0.39, 0.29) is 23.1 Å². The first-order valence-electron chi connectivity index (χ1n) is 8.65. The highest BCUT2D eigenvalue weighted by atomic mass is 32.2. The maximum Gasteiger partial charge on any atom is 0.281 e. The number of thioether (sulfide) groups is 1. The maximum atomic E-state index is 12.4. The maximum absolute atomic E-state index is 12.4. The summed E-state index contributed by atoms with van der Waals surface area (Å²) in [5, 5.41) is 3.17. The number of nitrogens with zero attached hydrogens (tertiary/aromatic N) is 1. The van der Waals surface area contributed by atoms with E-state index in [4.69, 9.17) is 9.47 Å². The highest BCUT2D eigenvalue weighted by Crippen LogP contribution is 2.34. The van der Waals surface area contributed by atoms with E-state index in [2.05, 4.69) is 19.2 Å². The Morgan fingerprint density at radius 2 is 2.04 bits per heavy atom. The number of nitrogens with one attached hydrogen (secondary N) is 1. The van der Waals surface area contributed by atoms with Crippen molar-refractivity contribution >= 4 is 22.9 Å². The van der Waals surface area contributed by atoms with Crippen molar-refractivity contribution in [2.75, 3.05) is 32.1 Å². The third-order valence-electron chi connectivity index (χ3n) is 4.36. The molecule has 0 aliphatic carbocycles. The van der Waals surface area contributed by atoms with Gasteiger partial charge < -0.3 is 19.7 Å². The van der Waals surface area contributed by atoms with Crippen LogP contribution in [0.4, 0.5) is 4.79 Å². The Morgan fingerprint density at radius 3 is 2.72 bits per heavy atom. The molecule has 3 rings (SSSR count). The van der Waals surface area contributed by atoms with Crippen LogP contribution in [-0.4, -0.2) is 48.1 Å². The highest BCUT2D eigenvalue weighted by Gasteiger charge is 2.24. The Morgan fingerprint density at radius 1 is 1.28 bits per heavy atom. The predicted molar refractivity (Wildman–Crippen MR) is 97.2 cm³/mol. The average molecular weight is 364 g/mol. The van der Waals surface area contributed by atoms with E-state index in [0.29, 0.717) is 26.2 Å². The van der Waals surface area contributed by atoms with Gasteiger partial charge in [0.15, 0.2) is 11.5 Å². The number of hydrogen-bond donors (Lipinski definition) is 1. The zero-order chi connectivity index (χ0) is 17.8. The lowest BCUT2D eigenvalue weighted by atomic mass is 9.95. The molecule has 1 fully saturated rings. The van der Waals surface area contributed by atoms with Crippen molar-refractivity contribution < 1.29 is 19.1 Å². The van der Waals surface area contributed by atoms with Gasteiger partial charge in [0, 0.05) is 25.3 Å². The number of fused-ring (bicyclic) bond motifs is 1. The summed E-state index contributed by atoms with van der Waals surface area (Å²) in [7, 11) is 0. The molecule has 0 spiro atoms. The van der Waals surface area contributed by atoms with E-state index in [1.807, 2.05) is 18.2 Å². The van der Waals surface area contributed by atoms with Crippen LogP contribution in [0.1, 0.15) is 31.9 Å². The molecular weight excluding hydrogens is 340 g/mol. The van der Waals surface area contributed by atoms with Gasteiger partial charge in [0.25, 0.3) is 5.24 Å². The molecule has 1 aromatic rings. The quantitative estimate of drug-likeness (QED) is 0.841. The van der Waals surface area contributed by atoms with E-state index in [1.165, 1.54) is 11.8 Å².